The molecule has 0 aliphatic heterocycles. The van der Waals surface area contributed by atoms with Gasteiger partial charge in [0.05, 0.1) is 6.26 Å². The number of halogens is 1. The Labute approximate surface area is 95.3 Å². The van der Waals surface area contributed by atoms with Gasteiger partial charge in [-0.2, -0.15) is 0 Å². The van der Waals surface area contributed by atoms with E-state index in [0.29, 0.717) is 0 Å². The molecule has 0 unspecified atom stereocenters. The molecular weight excluding hydrogens is 203 g/mol. The maximum Gasteiger partial charge on any atom is 0.137 e. The third kappa shape index (κ3) is 1.84. The van der Waals surface area contributed by atoms with Crippen LogP contribution >= 0.6 is 0 Å². The lowest BCUT2D eigenvalue weighted by Gasteiger charge is -2.24. The van der Waals surface area contributed by atoms with E-state index in [-0.39, 0.29) is 11.2 Å². The van der Waals surface area contributed by atoms with Crippen molar-refractivity contribution in [3.8, 4) is 0 Å². The number of fused-ring (bicyclic) bond motifs is 1. The minimum Gasteiger partial charge on any atom is -0.464 e. The van der Waals surface area contributed by atoms with E-state index in [0.717, 1.165) is 29.4 Å². The van der Waals surface area contributed by atoms with Gasteiger partial charge in [0.15, 0.2) is 0 Å². The summed E-state index contributed by atoms with van der Waals surface area (Å²) >= 11 is 0. The van der Waals surface area contributed by atoms with Crippen LogP contribution in [0.3, 0.4) is 0 Å². The zero-order valence-electron chi connectivity index (χ0n) is 10.0. The van der Waals surface area contributed by atoms with E-state index < -0.39 is 0 Å². The summed E-state index contributed by atoms with van der Waals surface area (Å²) in [6.07, 6.45) is 3.72. The van der Waals surface area contributed by atoms with Crippen molar-refractivity contribution >= 4 is 11.0 Å². The van der Waals surface area contributed by atoms with Crippen molar-refractivity contribution in [2.24, 2.45) is 0 Å². The molecule has 2 aromatic rings. The fraction of sp³-hybridized carbons (Fsp3) is 0.429. The van der Waals surface area contributed by atoms with Gasteiger partial charge in [0, 0.05) is 10.9 Å². The number of hydrogen-bond acceptors (Lipinski definition) is 1. The van der Waals surface area contributed by atoms with Crippen molar-refractivity contribution < 1.29 is 8.81 Å². The van der Waals surface area contributed by atoms with E-state index in [4.69, 9.17) is 4.42 Å². The van der Waals surface area contributed by atoms with Gasteiger partial charge in [-0.3, -0.25) is 0 Å². The molecule has 0 saturated heterocycles. The maximum atomic E-state index is 13.5. The summed E-state index contributed by atoms with van der Waals surface area (Å²) in [6.45, 7) is 6.40. The molecule has 0 atom stereocenters. The molecular formula is C14H17FO. The van der Waals surface area contributed by atoms with Crippen LogP contribution in [-0.2, 0) is 5.41 Å². The first-order chi connectivity index (χ1) is 7.54. The minimum atomic E-state index is -0.187. The summed E-state index contributed by atoms with van der Waals surface area (Å²) in [6, 6.07) is 4.93. The van der Waals surface area contributed by atoms with Crippen LogP contribution in [-0.4, -0.2) is 0 Å². The van der Waals surface area contributed by atoms with Crippen LogP contribution in [0.5, 0.6) is 0 Å². The van der Waals surface area contributed by atoms with Crippen LogP contribution < -0.4 is 0 Å². The van der Waals surface area contributed by atoms with Gasteiger partial charge in [-0.15, -0.1) is 0 Å². The summed E-state index contributed by atoms with van der Waals surface area (Å²) in [4.78, 5) is 0. The lowest BCUT2D eigenvalue weighted by atomic mass is 9.80. The first kappa shape index (κ1) is 11.2. The highest BCUT2D eigenvalue weighted by Gasteiger charge is 2.24. The normalized spacial score (nSPS) is 12.2. The molecule has 0 N–H and O–H groups in total. The molecule has 0 saturated carbocycles. The SMILES string of the molecule is CCCC(C)(C)c1cc(F)cc2ccoc12. The predicted molar refractivity (Wildman–Crippen MR) is 64.1 cm³/mol. The minimum absolute atomic E-state index is 0.0487. The number of benzene rings is 1. The largest absolute Gasteiger partial charge is 0.464 e. The van der Waals surface area contributed by atoms with Gasteiger partial charge in [-0.1, -0.05) is 27.2 Å². The molecule has 86 valence electrons. The van der Waals surface area contributed by atoms with Crippen LogP contribution in [0.15, 0.2) is 28.9 Å². The first-order valence-corrected chi connectivity index (χ1v) is 5.72. The van der Waals surface area contributed by atoms with Crippen molar-refractivity contribution in [3.63, 3.8) is 0 Å². The van der Waals surface area contributed by atoms with Crippen LogP contribution in [0.4, 0.5) is 4.39 Å². The quantitative estimate of drug-likeness (QED) is 0.733. The Balaban J connectivity index is 2.62. The zero-order valence-corrected chi connectivity index (χ0v) is 10.0. The van der Waals surface area contributed by atoms with E-state index >= 15 is 0 Å². The molecule has 1 aromatic heterocycles. The molecule has 0 aliphatic rings. The fourth-order valence-electron chi connectivity index (χ4n) is 2.31. The molecule has 0 spiro atoms. The van der Waals surface area contributed by atoms with E-state index in [1.165, 1.54) is 6.07 Å². The number of hydrogen-bond donors (Lipinski definition) is 0. The fourth-order valence-corrected chi connectivity index (χ4v) is 2.31. The van der Waals surface area contributed by atoms with Gasteiger partial charge < -0.3 is 4.42 Å². The summed E-state index contributed by atoms with van der Waals surface area (Å²) in [5, 5.41) is 0.846. The van der Waals surface area contributed by atoms with E-state index in [1.807, 2.05) is 6.07 Å². The van der Waals surface area contributed by atoms with Crippen molar-refractivity contribution in [2.75, 3.05) is 0 Å². The molecule has 1 heterocycles. The molecule has 1 nitrogen and oxygen atoms in total. The van der Waals surface area contributed by atoms with Crippen LogP contribution in [0.2, 0.25) is 0 Å². The number of rotatable bonds is 3. The van der Waals surface area contributed by atoms with Crippen LogP contribution in [0.1, 0.15) is 39.2 Å². The summed E-state index contributed by atoms with van der Waals surface area (Å²) < 4.78 is 19.0. The Morgan fingerprint density at radius 3 is 2.75 bits per heavy atom. The predicted octanol–water partition coefficient (Wildman–Crippen LogP) is 4.65. The molecule has 2 heteroatoms. The zero-order chi connectivity index (χ0) is 11.8. The Kier molecular flexibility index (Phi) is 2.75. The van der Waals surface area contributed by atoms with Gasteiger partial charge in [0.1, 0.15) is 11.4 Å². The smallest absolute Gasteiger partial charge is 0.137 e. The van der Waals surface area contributed by atoms with Crippen molar-refractivity contribution in [1.29, 1.82) is 0 Å². The second kappa shape index (κ2) is 3.93. The second-order valence-corrected chi connectivity index (χ2v) is 4.93. The Morgan fingerprint density at radius 2 is 2.06 bits per heavy atom. The van der Waals surface area contributed by atoms with Crippen LogP contribution in [0, 0.1) is 5.82 Å². The third-order valence-electron chi connectivity index (χ3n) is 3.12. The van der Waals surface area contributed by atoms with Gasteiger partial charge in [0.2, 0.25) is 0 Å². The Morgan fingerprint density at radius 1 is 1.31 bits per heavy atom. The topological polar surface area (TPSA) is 13.1 Å². The van der Waals surface area contributed by atoms with Gasteiger partial charge >= 0.3 is 0 Å². The van der Waals surface area contributed by atoms with Gasteiger partial charge in [-0.05, 0) is 30.0 Å². The molecule has 0 aliphatic carbocycles. The van der Waals surface area contributed by atoms with Gasteiger partial charge in [0.25, 0.3) is 0 Å². The van der Waals surface area contributed by atoms with E-state index in [9.17, 15) is 4.39 Å². The lowest BCUT2D eigenvalue weighted by molar-refractivity contribution is 0.463. The van der Waals surface area contributed by atoms with Crippen molar-refractivity contribution in [3.05, 3.63) is 35.8 Å². The molecule has 2 rings (SSSR count). The summed E-state index contributed by atoms with van der Waals surface area (Å²) in [5.41, 5.74) is 1.74. The lowest BCUT2D eigenvalue weighted by Crippen LogP contribution is -2.17. The number of furan rings is 1. The molecule has 0 bridgehead atoms. The summed E-state index contributed by atoms with van der Waals surface area (Å²) in [5.74, 6) is -0.187. The van der Waals surface area contributed by atoms with Crippen molar-refractivity contribution in [2.45, 2.75) is 39.0 Å². The van der Waals surface area contributed by atoms with Crippen molar-refractivity contribution in [1.82, 2.24) is 0 Å². The average molecular weight is 220 g/mol. The van der Waals surface area contributed by atoms with Gasteiger partial charge in [-0.25, -0.2) is 4.39 Å². The maximum absolute atomic E-state index is 13.5. The second-order valence-electron chi connectivity index (χ2n) is 4.93. The molecule has 0 fully saturated rings. The highest BCUT2D eigenvalue weighted by Crippen LogP contribution is 2.35. The molecule has 0 radical (unpaired) electrons. The van der Waals surface area contributed by atoms with E-state index in [2.05, 4.69) is 20.8 Å². The Bertz CT molecular complexity index is 496. The summed E-state index contributed by atoms with van der Waals surface area (Å²) in [7, 11) is 0. The Hall–Kier alpha value is -1.31. The highest BCUT2D eigenvalue weighted by molar-refractivity contribution is 5.81. The standard InChI is InChI=1S/C14H17FO/c1-4-6-14(2,3)12-9-11(15)8-10-5-7-16-13(10)12/h5,7-9H,4,6H2,1-3H3. The molecule has 1 aromatic carbocycles. The first-order valence-electron chi connectivity index (χ1n) is 5.72. The monoisotopic (exact) mass is 220 g/mol. The molecule has 0 amide bonds. The third-order valence-corrected chi connectivity index (χ3v) is 3.12. The highest BCUT2D eigenvalue weighted by atomic mass is 19.1. The van der Waals surface area contributed by atoms with Crippen LogP contribution in [0.25, 0.3) is 11.0 Å². The molecule has 16 heavy (non-hydrogen) atoms. The van der Waals surface area contributed by atoms with E-state index in [1.54, 1.807) is 12.3 Å². The average Bonchev–Trinajstić information content (AvgIpc) is 2.63.